The molecule has 0 spiro atoms. The summed E-state index contributed by atoms with van der Waals surface area (Å²) in [4.78, 5) is 20.7. The highest BCUT2D eigenvalue weighted by Gasteiger charge is 2.06. The van der Waals surface area contributed by atoms with Gasteiger partial charge in [0.05, 0.1) is 0 Å². The Hall–Kier alpha value is -1.10. The fraction of sp³-hybridized carbons (Fsp3) is 0.750. The number of aliphatic carboxylic acids is 1. The third-order valence-electron chi connectivity index (χ3n) is 1.68. The van der Waals surface area contributed by atoms with Gasteiger partial charge in [-0.25, -0.2) is 0 Å². The zero-order chi connectivity index (χ0) is 10.3. The highest BCUT2D eigenvalue weighted by molar-refractivity contribution is 5.76. The second-order valence-electron chi connectivity index (χ2n) is 3.00. The molecule has 1 unspecified atom stereocenters. The van der Waals surface area contributed by atoms with Crippen molar-refractivity contribution in [3.8, 4) is 0 Å². The van der Waals surface area contributed by atoms with Crippen LogP contribution in [0.3, 0.4) is 0 Å². The SMILES string of the molecule is CC(CNCCCC(=O)O)C(N)=O. The molecule has 0 saturated heterocycles. The number of primary amides is 1. The summed E-state index contributed by atoms with van der Waals surface area (Å²) in [6.07, 6.45) is 0.721. The van der Waals surface area contributed by atoms with Gasteiger partial charge in [-0.3, -0.25) is 9.59 Å². The highest BCUT2D eigenvalue weighted by Crippen LogP contribution is 1.91. The number of hydrogen-bond acceptors (Lipinski definition) is 3. The van der Waals surface area contributed by atoms with Gasteiger partial charge in [-0.15, -0.1) is 0 Å². The highest BCUT2D eigenvalue weighted by atomic mass is 16.4. The van der Waals surface area contributed by atoms with E-state index < -0.39 is 5.97 Å². The molecule has 0 fully saturated rings. The average molecular weight is 188 g/mol. The minimum absolute atomic E-state index is 0.151. The van der Waals surface area contributed by atoms with Gasteiger partial charge >= 0.3 is 5.97 Å². The van der Waals surface area contributed by atoms with Crippen molar-refractivity contribution in [1.82, 2.24) is 5.32 Å². The van der Waals surface area contributed by atoms with E-state index in [1.807, 2.05) is 0 Å². The first kappa shape index (κ1) is 11.9. The minimum atomic E-state index is -0.801. The van der Waals surface area contributed by atoms with Gasteiger partial charge in [-0.2, -0.15) is 0 Å². The monoisotopic (exact) mass is 188 g/mol. The molecule has 0 aliphatic rings. The Morgan fingerprint density at radius 2 is 2.15 bits per heavy atom. The second kappa shape index (κ2) is 6.42. The molecule has 5 nitrogen and oxygen atoms in total. The van der Waals surface area contributed by atoms with Crippen LogP contribution in [0.15, 0.2) is 0 Å². The topological polar surface area (TPSA) is 92.4 Å². The molecule has 1 amide bonds. The van der Waals surface area contributed by atoms with Crippen LogP contribution in [-0.4, -0.2) is 30.1 Å². The van der Waals surface area contributed by atoms with Crippen molar-refractivity contribution in [3.05, 3.63) is 0 Å². The number of nitrogens with two attached hydrogens (primary N) is 1. The number of hydrogen-bond donors (Lipinski definition) is 3. The van der Waals surface area contributed by atoms with E-state index in [-0.39, 0.29) is 18.2 Å². The molecule has 13 heavy (non-hydrogen) atoms. The van der Waals surface area contributed by atoms with E-state index in [1.54, 1.807) is 6.92 Å². The van der Waals surface area contributed by atoms with Gasteiger partial charge in [0.2, 0.25) is 5.91 Å². The molecular weight excluding hydrogens is 172 g/mol. The van der Waals surface area contributed by atoms with Crippen LogP contribution in [0.2, 0.25) is 0 Å². The molecule has 0 aliphatic heterocycles. The number of carbonyl (C=O) groups excluding carboxylic acids is 1. The summed E-state index contributed by atoms with van der Waals surface area (Å²) in [6.45, 7) is 2.84. The molecule has 0 aliphatic carbocycles. The van der Waals surface area contributed by atoms with Crippen molar-refractivity contribution in [2.24, 2.45) is 11.7 Å². The van der Waals surface area contributed by atoms with Crippen molar-refractivity contribution in [2.75, 3.05) is 13.1 Å². The Balaban J connectivity index is 3.26. The second-order valence-corrected chi connectivity index (χ2v) is 3.00. The van der Waals surface area contributed by atoms with E-state index in [9.17, 15) is 9.59 Å². The Labute approximate surface area is 77.3 Å². The van der Waals surface area contributed by atoms with Crippen LogP contribution >= 0.6 is 0 Å². The summed E-state index contributed by atoms with van der Waals surface area (Å²) < 4.78 is 0. The zero-order valence-corrected chi connectivity index (χ0v) is 7.75. The first-order valence-electron chi connectivity index (χ1n) is 4.26. The summed E-state index contributed by atoms with van der Waals surface area (Å²) in [5, 5.41) is 11.3. The summed E-state index contributed by atoms with van der Waals surface area (Å²) in [5.41, 5.74) is 5.03. The third kappa shape index (κ3) is 7.27. The van der Waals surface area contributed by atoms with Gasteiger partial charge in [-0.05, 0) is 13.0 Å². The number of carboxylic acid groups (broad SMARTS) is 1. The van der Waals surface area contributed by atoms with Gasteiger partial charge in [0.1, 0.15) is 0 Å². The Morgan fingerprint density at radius 1 is 1.54 bits per heavy atom. The number of nitrogens with one attached hydrogen (secondary N) is 1. The van der Waals surface area contributed by atoms with Gasteiger partial charge < -0.3 is 16.2 Å². The lowest BCUT2D eigenvalue weighted by Gasteiger charge is -2.07. The molecular formula is C8H16N2O3. The Morgan fingerprint density at radius 3 is 2.62 bits per heavy atom. The van der Waals surface area contributed by atoms with Crippen molar-refractivity contribution in [2.45, 2.75) is 19.8 Å². The molecule has 0 radical (unpaired) electrons. The van der Waals surface area contributed by atoms with Crippen LogP contribution < -0.4 is 11.1 Å². The van der Waals surface area contributed by atoms with Crippen molar-refractivity contribution < 1.29 is 14.7 Å². The van der Waals surface area contributed by atoms with Gasteiger partial charge in [0.25, 0.3) is 0 Å². The third-order valence-corrected chi connectivity index (χ3v) is 1.68. The lowest BCUT2D eigenvalue weighted by molar-refractivity contribution is -0.137. The largest absolute Gasteiger partial charge is 0.481 e. The number of rotatable bonds is 7. The summed E-state index contributed by atoms with van der Waals surface area (Å²) in [5.74, 6) is -1.35. The Kier molecular flexibility index (Phi) is 5.88. The molecule has 76 valence electrons. The van der Waals surface area contributed by atoms with Crippen molar-refractivity contribution >= 4 is 11.9 Å². The Bertz CT molecular complexity index is 182. The predicted octanol–water partition coefficient (Wildman–Crippen LogP) is -0.438. The molecule has 4 N–H and O–H groups in total. The fourth-order valence-corrected chi connectivity index (χ4v) is 0.784. The van der Waals surface area contributed by atoms with E-state index >= 15 is 0 Å². The van der Waals surface area contributed by atoms with Gasteiger partial charge in [0.15, 0.2) is 0 Å². The first-order chi connectivity index (χ1) is 6.04. The summed E-state index contributed by atoms with van der Waals surface area (Å²) >= 11 is 0. The smallest absolute Gasteiger partial charge is 0.303 e. The van der Waals surface area contributed by atoms with Crippen molar-refractivity contribution in [3.63, 3.8) is 0 Å². The van der Waals surface area contributed by atoms with Crippen LogP contribution in [0.5, 0.6) is 0 Å². The van der Waals surface area contributed by atoms with Crippen LogP contribution in [0.1, 0.15) is 19.8 Å². The number of carboxylic acids is 1. The first-order valence-corrected chi connectivity index (χ1v) is 4.26. The fourth-order valence-electron chi connectivity index (χ4n) is 0.784. The van der Waals surface area contributed by atoms with E-state index in [2.05, 4.69) is 5.32 Å². The normalized spacial score (nSPS) is 12.4. The van der Waals surface area contributed by atoms with E-state index in [0.29, 0.717) is 19.5 Å². The molecule has 0 aromatic carbocycles. The van der Waals surface area contributed by atoms with E-state index in [0.717, 1.165) is 0 Å². The van der Waals surface area contributed by atoms with E-state index in [1.165, 1.54) is 0 Å². The molecule has 1 atom stereocenters. The van der Waals surface area contributed by atoms with Crippen molar-refractivity contribution in [1.29, 1.82) is 0 Å². The molecule has 0 heterocycles. The lowest BCUT2D eigenvalue weighted by Crippen LogP contribution is -2.31. The molecule has 0 saturated carbocycles. The molecule has 5 heteroatoms. The molecule has 0 aromatic heterocycles. The molecule has 0 aromatic rings. The maximum Gasteiger partial charge on any atom is 0.303 e. The van der Waals surface area contributed by atoms with Gasteiger partial charge in [-0.1, -0.05) is 6.92 Å². The number of carbonyl (C=O) groups is 2. The van der Waals surface area contributed by atoms with Crippen LogP contribution in [0, 0.1) is 5.92 Å². The van der Waals surface area contributed by atoms with E-state index in [4.69, 9.17) is 10.8 Å². The quantitative estimate of drug-likeness (QED) is 0.472. The lowest BCUT2D eigenvalue weighted by atomic mass is 10.1. The predicted molar refractivity (Wildman–Crippen MR) is 48.1 cm³/mol. The van der Waals surface area contributed by atoms with Crippen LogP contribution in [0.25, 0.3) is 0 Å². The zero-order valence-electron chi connectivity index (χ0n) is 7.75. The summed E-state index contributed by atoms with van der Waals surface area (Å²) in [7, 11) is 0. The molecule has 0 bridgehead atoms. The maximum absolute atomic E-state index is 10.6. The minimum Gasteiger partial charge on any atom is -0.481 e. The standard InChI is InChI=1S/C8H16N2O3/c1-6(8(9)13)5-10-4-2-3-7(11)12/h6,10H,2-5H2,1H3,(H2,9,13)(H,11,12). The average Bonchev–Trinajstić information content (AvgIpc) is 2.02. The molecule has 0 rings (SSSR count). The number of amides is 1. The van der Waals surface area contributed by atoms with Crippen LogP contribution in [-0.2, 0) is 9.59 Å². The maximum atomic E-state index is 10.6. The van der Waals surface area contributed by atoms with Crippen LogP contribution in [0.4, 0.5) is 0 Å². The summed E-state index contributed by atoms with van der Waals surface area (Å²) in [6, 6.07) is 0. The van der Waals surface area contributed by atoms with Gasteiger partial charge in [0, 0.05) is 18.9 Å².